The molecule has 3 atom stereocenters. The average molecular weight is 247 g/mol. The number of amides is 1. The highest BCUT2D eigenvalue weighted by molar-refractivity contribution is 5.80. The van der Waals surface area contributed by atoms with Crippen LogP contribution in [0.5, 0.6) is 0 Å². The molecule has 2 nitrogen and oxygen atoms in total. The summed E-state index contributed by atoms with van der Waals surface area (Å²) in [5.74, 6) is 2.64. The summed E-state index contributed by atoms with van der Waals surface area (Å²) in [6, 6.07) is 1.25. The van der Waals surface area contributed by atoms with Crippen LogP contribution in [-0.2, 0) is 4.79 Å². The molecule has 3 unspecified atom stereocenters. The van der Waals surface area contributed by atoms with Crippen LogP contribution in [0.15, 0.2) is 0 Å². The van der Waals surface area contributed by atoms with Crippen molar-refractivity contribution in [2.24, 2.45) is 17.8 Å². The molecule has 100 valence electrons. The van der Waals surface area contributed by atoms with Gasteiger partial charge in [-0.2, -0.15) is 0 Å². The lowest BCUT2D eigenvalue weighted by Crippen LogP contribution is -2.45. The van der Waals surface area contributed by atoms with Crippen LogP contribution in [0.3, 0.4) is 0 Å². The largest absolute Gasteiger partial charge is 0.336 e. The minimum Gasteiger partial charge on any atom is -0.336 e. The van der Waals surface area contributed by atoms with Gasteiger partial charge in [-0.05, 0) is 56.8 Å². The lowest BCUT2D eigenvalue weighted by atomic mass is 9.87. The summed E-state index contributed by atoms with van der Waals surface area (Å²) < 4.78 is 0. The van der Waals surface area contributed by atoms with Gasteiger partial charge in [-0.1, -0.05) is 19.3 Å². The molecular weight excluding hydrogens is 222 g/mol. The van der Waals surface area contributed by atoms with Crippen molar-refractivity contribution in [1.29, 1.82) is 0 Å². The minimum atomic E-state index is 0.421. The molecule has 4 saturated carbocycles. The molecule has 0 aliphatic heterocycles. The zero-order chi connectivity index (χ0) is 12.1. The summed E-state index contributed by atoms with van der Waals surface area (Å²) in [6.07, 6.45) is 13.1. The summed E-state index contributed by atoms with van der Waals surface area (Å²) >= 11 is 0. The summed E-state index contributed by atoms with van der Waals surface area (Å²) in [5.41, 5.74) is 0. The molecule has 4 rings (SSSR count). The molecule has 4 fully saturated rings. The molecule has 2 bridgehead atoms. The van der Waals surface area contributed by atoms with Gasteiger partial charge in [0.2, 0.25) is 5.91 Å². The smallest absolute Gasteiger partial charge is 0.226 e. The molecule has 1 amide bonds. The van der Waals surface area contributed by atoms with Crippen molar-refractivity contribution >= 4 is 5.91 Å². The fourth-order valence-corrected chi connectivity index (χ4v) is 4.93. The molecule has 2 heteroatoms. The normalized spacial score (nSPS) is 39.4. The van der Waals surface area contributed by atoms with Gasteiger partial charge in [0.05, 0.1) is 0 Å². The van der Waals surface area contributed by atoms with Gasteiger partial charge >= 0.3 is 0 Å². The standard InChI is InChI=1S/C16H25NO/c18-16(15-10-11-5-6-12(15)9-11)17(14-7-8-14)13-3-1-2-4-13/h11-15H,1-10H2. The van der Waals surface area contributed by atoms with Crippen LogP contribution in [0.2, 0.25) is 0 Å². The second-order valence-electron chi connectivity index (χ2n) is 7.20. The Kier molecular flexibility index (Phi) is 2.67. The minimum absolute atomic E-state index is 0.421. The van der Waals surface area contributed by atoms with E-state index in [1.807, 2.05) is 0 Å². The molecule has 0 saturated heterocycles. The third-order valence-corrected chi connectivity index (χ3v) is 5.97. The van der Waals surface area contributed by atoms with Crippen LogP contribution < -0.4 is 0 Å². The Morgan fingerprint density at radius 1 is 0.833 bits per heavy atom. The third-order valence-electron chi connectivity index (χ3n) is 5.97. The van der Waals surface area contributed by atoms with Crippen LogP contribution in [0.1, 0.15) is 64.2 Å². The molecular formula is C16H25NO. The number of hydrogen-bond donors (Lipinski definition) is 0. The second kappa shape index (κ2) is 4.25. The van der Waals surface area contributed by atoms with Crippen molar-refractivity contribution in [2.75, 3.05) is 0 Å². The van der Waals surface area contributed by atoms with Crippen molar-refractivity contribution in [3.05, 3.63) is 0 Å². The van der Waals surface area contributed by atoms with Crippen LogP contribution in [0.4, 0.5) is 0 Å². The van der Waals surface area contributed by atoms with E-state index in [-0.39, 0.29) is 0 Å². The quantitative estimate of drug-likeness (QED) is 0.749. The van der Waals surface area contributed by atoms with Crippen molar-refractivity contribution < 1.29 is 4.79 Å². The van der Waals surface area contributed by atoms with Gasteiger partial charge in [0.1, 0.15) is 0 Å². The zero-order valence-corrected chi connectivity index (χ0v) is 11.3. The first-order valence-electron chi connectivity index (χ1n) is 8.15. The highest BCUT2D eigenvalue weighted by Gasteiger charge is 2.48. The monoisotopic (exact) mass is 247 g/mol. The van der Waals surface area contributed by atoms with E-state index >= 15 is 0 Å². The van der Waals surface area contributed by atoms with E-state index in [1.54, 1.807) is 0 Å². The SMILES string of the molecule is O=C(C1CC2CCC1C2)N(C1CCCC1)C1CC1. The Morgan fingerprint density at radius 3 is 2.11 bits per heavy atom. The van der Waals surface area contributed by atoms with Gasteiger partial charge in [0, 0.05) is 18.0 Å². The Hall–Kier alpha value is -0.530. The highest BCUT2D eigenvalue weighted by atomic mass is 16.2. The van der Waals surface area contributed by atoms with Crippen LogP contribution in [-0.4, -0.2) is 22.9 Å². The van der Waals surface area contributed by atoms with Gasteiger partial charge in [-0.15, -0.1) is 0 Å². The predicted octanol–water partition coefficient (Wildman–Crippen LogP) is 3.36. The van der Waals surface area contributed by atoms with Gasteiger partial charge in [-0.25, -0.2) is 0 Å². The Bertz CT molecular complexity index is 343. The van der Waals surface area contributed by atoms with Crippen molar-refractivity contribution in [2.45, 2.75) is 76.3 Å². The number of rotatable bonds is 3. The van der Waals surface area contributed by atoms with Crippen molar-refractivity contribution in [3.8, 4) is 0 Å². The molecule has 4 aliphatic carbocycles. The number of carbonyl (C=O) groups is 1. The van der Waals surface area contributed by atoms with E-state index in [0.717, 1.165) is 11.8 Å². The maximum Gasteiger partial charge on any atom is 0.226 e. The fraction of sp³-hybridized carbons (Fsp3) is 0.938. The van der Waals surface area contributed by atoms with Gasteiger partial charge in [-0.3, -0.25) is 4.79 Å². The molecule has 0 radical (unpaired) electrons. The summed E-state index contributed by atoms with van der Waals surface area (Å²) in [4.78, 5) is 15.3. The first-order valence-corrected chi connectivity index (χ1v) is 8.15. The summed E-state index contributed by atoms with van der Waals surface area (Å²) in [6.45, 7) is 0. The fourth-order valence-electron chi connectivity index (χ4n) is 4.93. The van der Waals surface area contributed by atoms with E-state index < -0.39 is 0 Å². The number of nitrogens with zero attached hydrogens (tertiary/aromatic N) is 1. The number of hydrogen-bond acceptors (Lipinski definition) is 1. The zero-order valence-electron chi connectivity index (χ0n) is 11.3. The summed E-state index contributed by atoms with van der Waals surface area (Å²) in [7, 11) is 0. The molecule has 0 aromatic rings. The first kappa shape index (κ1) is 11.3. The van der Waals surface area contributed by atoms with Gasteiger partial charge < -0.3 is 4.90 Å². The number of fused-ring (bicyclic) bond motifs is 2. The lowest BCUT2D eigenvalue weighted by Gasteiger charge is -2.34. The molecule has 0 N–H and O–H groups in total. The van der Waals surface area contributed by atoms with E-state index in [2.05, 4.69) is 4.90 Å². The first-order chi connectivity index (χ1) is 8.83. The van der Waals surface area contributed by atoms with E-state index in [4.69, 9.17) is 0 Å². The maximum absolute atomic E-state index is 12.9. The maximum atomic E-state index is 12.9. The van der Waals surface area contributed by atoms with Crippen LogP contribution in [0.25, 0.3) is 0 Å². The van der Waals surface area contributed by atoms with Crippen molar-refractivity contribution in [1.82, 2.24) is 4.90 Å². The molecule has 0 aromatic heterocycles. The lowest BCUT2D eigenvalue weighted by molar-refractivity contribution is -0.140. The Balaban J connectivity index is 1.50. The number of carbonyl (C=O) groups excluding carboxylic acids is 1. The molecule has 18 heavy (non-hydrogen) atoms. The molecule has 0 spiro atoms. The van der Waals surface area contributed by atoms with E-state index in [9.17, 15) is 4.79 Å². The molecule has 0 heterocycles. The Labute approximate surface area is 110 Å². The summed E-state index contributed by atoms with van der Waals surface area (Å²) in [5, 5.41) is 0. The van der Waals surface area contributed by atoms with Crippen LogP contribution >= 0.6 is 0 Å². The van der Waals surface area contributed by atoms with Gasteiger partial charge in [0.25, 0.3) is 0 Å². The topological polar surface area (TPSA) is 20.3 Å². The average Bonchev–Trinajstić information content (AvgIpc) is 2.86. The molecule has 4 aliphatic rings. The predicted molar refractivity (Wildman–Crippen MR) is 71.1 cm³/mol. The third kappa shape index (κ3) is 1.80. The van der Waals surface area contributed by atoms with Gasteiger partial charge in [0.15, 0.2) is 0 Å². The van der Waals surface area contributed by atoms with Crippen LogP contribution in [0, 0.1) is 17.8 Å². The second-order valence-corrected chi connectivity index (χ2v) is 7.20. The highest BCUT2D eigenvalue weighted by Crippen LogP contribution is 2.50. The van der Waals surface area contributed by atoms with E-state index in [1.165, 1.54) is 64.2 Å². The van der Waals surface area contributed by atoms with Crippen molar-refractivity contribution in [3.63, 3.8) is 0 Å². The van der Waals surface area contributed by atoms with E-state index in [0.29, 0.717) is 23.9 Å². The molecule has 0 aromatic carbocycles. The Morgan fingerprint density at radius 2 is 1.56 bits per heavy atom.